The number of anilines is 2. The molecule has 1 fully saturated rings. The molecule has 5 rings (SSSR count). The number of fused-ring (bicyclic) bond motifs is 3. The number of carbonyl (C=O) groups excluding carboxylic acids is 1. The Hall–Kier alpha value is -2.67. The van der Waals surface area contributed by atoms with E-state index in [1.54, 1.807) is 23.5 Å². The molecule has 3 aromatic rings. The molecule has 9 nitrogen and oxygen atoms in total. The van der Waals surface area contributed by atoms with Crippen molar-refractivity contribution in [3.63, 3.8) is 0 Å². The number of rotatable bonds is 10. The summed E-state index contributed by atoms with van der Waals surface area (Å²) in [6, 6.07) is 4.48. The molecule has 1 saturated heterocycles. The first kappa shape index (κ1) is 27.9. The summed E-state index contributed by atoms with van der Waals surface area (Å²) < 4.78 is 18.9. The Labute approximate surface area is 235 Å². The van der Waals surface area contributed by atoms with Gasteiger partial charge in [-0.2, -0.15) is 0 Å². The fourth-order valence-corrected chi connectivity index (χ4v) is 6.27. The molecule has 0 spiro atoms. The molecule has 208 valence electrons. The highest BCUT2D eigenvalue weighted by molar-refractivity contribution is 7.19. The lowest BCUT2D eigenvalue weighted by Gasteiger charge is -2.34. The lowest BCUT2D eigenvalue weighted by atomic mass is 10.0. The van der Waals surface area contributed by atoms with Crippen molar-refractivity contribution in [2.24, 2.45) is 0 Å². The number of piperazine rings is 1. The Morgan fingerprint density at radius 1 is 1.18 bits per heavy atom. The molecule has 4 heterocycles. The van der Waals surface area contributed by atoms with Crippen LogP contribution in [-0.2, 0) is 22.5 Å². The van der Waals surface area contributed by atoms with Crippen LogP contribution in [0, 0.1) is 5.82 Å². The van der Waals surface area contributed by atoms with Crippen molar-refractivity contribution in [3.05, 3.63) is 58.0 Å². The lowest BCUT2D eigenvalue weighted by Crippen LogP contribution is -2.47. The van der Waals surface area contributed by atoms with Gasteiger partial charge in [0.2, 0.25) is 5.91 Å². The summed E-state index contributed by atoms with van der Waals surface area (Å²) in [6.45, 7) is 7.72. The van der Waals surface area contributed by atoms with Gasteiger partial charge in [0, 0.05) is 62.5 Å². The average Bonchev–Trinajstić information content (AvgIpc) is 3.33. The van der Waals surface area contributed by atoms with Crippen LogP contribution in [0.15, 0.2) is 36.7 Å². The molecular formula is C27H32ClFN6O3S. The van der Waals surface area contributed by atoms with Gasteiger partial charge in [0.25, 0.3) is 0 Å². The van der Waals surface area contributed by atoms with Crippen LogP contribution in [0.25, 0.3) is 10.2 Å². The first-order valence-corrected chi connectivity index (χ1v) is 14.3. The van der Waals surface area contributed by atoms with Gasteiger partial charge in [0.05, 0.1) is 36.8 Å². The number of halogens is 2. The highest BCUT2D eigenvalue weighted by Crippen LogP contribution is 2.38. The number of nitrogens with zero attached hydrogens (tertiary/aromatic N) is 5. The third-order valence-corrected chi connectivity index (χ3v) is 8.42. The number of amides is 1. The molecule has 12 heteroatoms. The smallest absolute Gasteiger partial charge is 0.246 e. The Morgan fingerprint density at radius 3 is 2.79 bits per heavy atom. The van der Waals surface area contributed by atoms with E-state index in [9.17, 15) is 9.18 Å². The zero-order valence-corrected chi connectivity index (χ0v) is 23.2. The van der Waals surface area contributed by atoms with Gasteiger partial charge in [0.1, 0.15) is 22.8 Å². The molecular weight excluding hydrogens is 543 g/mol. The quantitative estimate of drug-likeness (QED) is 0.281. The van der Waals surface area contributed by atoms with Gasteiger partial charge < -0.3 is 20.1 Å². The third kappa shape index (κ3) is 6.92. The van der Waals surface area contributed by atoms with Crippen molar-refractivity contribution in [1.82, 2.24) is 24.7 Å². The molecule has 0 radical (unpaired) electrons. The number of nitrogens with one attached hydrogen (secondary N) is 1. The molecule has 2 aromatic heterocycles. The van der Waals surface area contributed by atoms with Crippen LogP contribution in [0.3, 0.4) is 0 Å². The third-order valence-electron chi connectivity index (χ3n) is 7.01. The zero-order valence-electron chi connectivity index (χ0n) is 21.6. The van der Waals surface area contributed by atoms with Crippen molar-refractivity contribution in [2.45, 2.75) is 13.0 Å². The highest BCUT2D eigenvalue weighted by atomic mass is 35.5. The lowest BCUT2D eigenvalue weighted by molar-refractivity contribution is -0.126. The second-order valence-electron chi connectivity index (χ2n) is 9.55. The molecule has 0 saturated carbocycles. The topological polar surface area (TPSA) is 94.1 Å². The van der Waals surface area contributed by atoms with Crippen LogP contribution >= 0.6 is 22.9 Å². The predicted octanol–water partition coefficient (Wildman–Crippen LogP) is 3.29. The molecule has 39 heavy (non-hydrogen) atoms. The van der Waals surface area contributed by atoms with E-state index in [0.717, 1.165) is 59.9 Å². The number of aliphatic hydroxyl groups is 1. The second kappa shape index (κ2) is 13.1. The first-order chi connectivity index (χ1) is 19.0. The van der Waals surface area contributed by atoms with Gasteiger partial charge in [-0.15, -0.1) is 11.3 Å². The minimum Gasteiger partial charge on any atom is -0.394 e. The maximum Gasteiger partial charge on any atom is 0.246 e. The molecule has 0 bridgehead atoms. The minimum atomic E-state index is -0.471. The Bertz CT molecular complexity index is 1330. The SMILES string of the molecule is O=C(C=CCN1CCN(CCOCCO)CC1)N1CCc2c(sc3ncnc(Nc4ccc(F)c(Cl)c4)c23)C1. The summed E-state index contributed by atoms with van der Waals surface area (Å²) in [5, 5.41) is 13.0. The maximum absolute atomic E-state index is 13.6. The van der Waals surface area contributed by atoms with E-state index in [-0.39, 0.29) is 17.5 Å². The maximum atomic E-state index is 13.6. The number of aliphatic hydroxyl groups excluding tert-OH is 1. The van der Waals surface area contributed by atoms with E-state index < -0.39 is 5.82 Å². The van der Waals surface area contributed by atoms with E-state index in [4.69, 9.17) is 21.4 Å². The van der Waals surface area contributed by atoms with Crippen molar-refractivity contribution < 1.29 is 19.0 Å². The number of ether oxygens (including phenoxy) is 1. The number of aromatic nitrogens is 2. The van der Waals surface area contributed by atoms with E-state index in [1.807, 2.05) is 11.0 Å². The Balaban J connectivity index is 1.15. The number of benzene rings is 1. The standard InChI is InChI=1S/C27H32ClFN6O3S/c28-21-16-19(3-4-22(21)29)32-26-25-20-5-7-35(17-23(20)39-27(25)31-18-30-26)24(37)2-1-6-33-8-10-34(11-9-33)12-14-38-15-13-36/h1-4,16,18,36H,5-15,17H2,(H,30,31,32). The average molecular weight is 575 g/mol. The Morgan fingerprint density at radius 2 is 2.00 bits per heavy atom. The largest absolute Gasteiger partial charge is 0.394 e. The van der Waals surface area contributed by atoms with Gasteiger partial charge in [0.15, 0.2) is 0 Å². The van der Waals surface area contributed by atoms with Crippen LogP contribution in [-0.4, -0.2) is 101 Å². The highest BCUT2D eigenvalue weighted by Gasteiger charge is 2.26. The number of carbonyl (C=O) groups is 1. The van der Waals surface area contributed by atoms with Crippen LogP contribution in [0.2, 0.25) is 5.02 Å². The van der Waals surface area contributed by atoms with E-state index >= 15 is 0 Å². The number of thiophene rings is 1. The molecule has 0 atom stereocenters. The molecule has 2 aliphatic heterocycles. The van der Waals surface area contributed by atoms with Crippen LogP contribution in [0.4, 0.5) is 15.9 Å². The van der Waals surface area contributed by atoms with Crippen LogP contribution in [0.5, 0.6) is 0 Å². The molecule has 1 amide bonds. The fourth-order valence-electron chi connectivity index (χ4n) is 4.89. The minimum absolute atomic E-state index is 0.0168. The summed E-state index contributed by atoms with van der Waals surface area (Å²) >= 11 is 7.52. The normalized spacial score (nSPS) is 16.7. The van der Waals surface area contributed by atoms with Gasteiger partial charge in [-0.05, 0) is 30.2 Å². The van der Waals surface area contributed by atoms with Gasteiger partial charge in [-0.3, -0.25) is 14.6 Å². The monoisotopic (exact) mass is 574 g/mol. The molecule has 0 unspecified atom stereocenters. The summed E-state index contributed by atoms with van der Waals surface area (Å²) in [5.74, 6) is 0.196. The Kier molecular flexibility index (Phi) is 9.38. The van der Waals surface area contributed by atoms with Gasteiger partial charge in [-0.25, -0.2) is 14.4 Å². The van der Waals surface area contributed by atoms with Gasteiger partial charge in [-0.1, -0.05) is 17.7 Å². The molecule has 2 N–H and O–H groups in total. The molecule has 1 aromatic carbocycles. The van der Waals surface area contributed by atoms with Crippen molar-refractivity contribution in [3.8, 4) is 0 Å². The fraction of sp³-hybridized carbons (Fsp3) is 0.444. The number of hydrogen-bond acceptors (Lipinski definition) is 9. The second-order valence-corrected chi connectivity index (χ2v) is 11.0. The summed E-state index contributed by atoms with van der Waals surface area (Å²) in [4.78, 5) is 30.4. The van der Waals surface area contributed by atoms with Crippen molar-refractivity contribution in [2.75, 3.05) is 71.0 Å². The zero-order chi connectivity index (χ0) is 27.2. The first-order valence-electron chi connectivity index (χ1n) is 13.1. The van der Waals surface area contributed by atoms with E-state index in [1.165, 1.54) is 18.5 Å². The molecule has 2 aliphatic rings. The van der Waals surface area contributed by atoms with Crippen LogP contribution < -0.4 is 5.32 Å². The summed E-state index contributed by atoms with van der Waals surface area (Å²) in [6.07, 6.45) is 5.88. The predicted molar refractivity (Wildman–Crippen MR) is 151 cm³/mol. The van der Waals surface area contributed by atoms with Crippen molar-refractivity contribution in [1.29, 1.82) is 0 Å². The van der Waals surface area contributed by atoms with E-state index in [0.29, 0.717) is 44.2 Å². The van der Waals surface area contributed by atoms with Crippen LogP contribution in [0.1, 0.15) is 10.4 Å². The van der Waals surface area contributed by atoms with E-state index in [2.05, 4.69) is 25.1 Å². The molecule has 0 aliphatic carbocycles. The number of hydrogen-bond donors (Lipinski definition) is 2. The van der Waals surface area contributed by atoms with Crippen molar-refractivity contribution >= 4 is 50.6 Å². The summed E-state index contributed by atoms with van der Waals surface area (Å²) in [5.41, 5.74) is 1.80. The summed E-state index contributed by atoms with van der Waals surface area (Å²) in [7, 11) is 0. The van der Waals surface area contributed by atoms with Gasteiger partial charge >= 0.3 is 0 Å².